The van der Waals surface area contributed by atoms with Gasteiger partial charge in [0.15, 0.2) is 21.4 Å². The van der Waals surface area contributed by atoms with Crippen molar-refractivity contribution in [2.75, 3.05) is 44.8 Å². The Morgan fingerprint density at radius 3 is 2.70 bits per heavy atom. The van der Waals surface area contributed by atoms with Crippen molar-refractivity contribution in [2.45, 2.75) is 51.0 Å². The zero-order valence-electron chi connectivity index (χ0n) is 19.4. The molecule has 1 aromatic carbocycles. The van der Waals surface area contributed by atoms with E-state index >= 15 is 0 Å². The molecule has 8 nitrogen and oxygen atoms in total. The molecule has 0 aromatic heterocycles. The Kier molecular flexibility index (Phi) is 8.69. The maximum atomic E-state index is 14.2. The van der Waals surface area contributed by atoms with E-state index in [0.29, 0.717) is 32.4 Å². The molecule has 10 heteroatoms. The second kappa shape index (κ2) is 11.3. The Morgan fingerprint density at radius 2 is 2.03 bits per heavy atom. The fraction of sp³-hybridized carbons (Fsp3) is 0.652. The summed E-state index contributed by atoms with van der Waals surface area (Å²) in [6.07, 6.45) is 3.91. The van der Waals surface area contributed by atoms with Gasteiger partial charge in [0.2, 0.25) is 5.91 Å². The number of carbonyl (C=O) groups is 2. The lowest BCUT2D eigenvalue weighted by molar-refractivity contribution is -0.118. The van der Waals surface area contributed by atoms with Gasteiger partial charge in [0.25, 0.3) is 0 Å². The predicted molar refractivity (Wildman–Crippen MR) is 124 cm³/mol. The smallest absolute Gasteiger partial charge is 0.324 e. The van der Waals surface area contributed by atoms with Crippen LogP contribution in [0.15, 0.2) is 18.2 Å². The van der Waals surface area contributed by atoms with Crippen molar-refractivity contribution in [3.63, 3.8) is 0 Å². The van der Waals surface area contributed by atoms with E-state index in [1.807, 2.05) is 14.0 Å². The van der Waals surface area contributed by atoms with Crippen LogP contribution in [-0.4, -0.2) is 81.0 Å². The van der Waals surface area contributed by atoms with E-state index in [4.69, 9.17) is 4.74 Å². The van der Waals surface area contributed by atoms with Gasteiger partial charge < -0.3 is 14.5 Å². The van der Waals surface area contributed by atoms with Gasteiger partial charge in [-0.15, -0.1) is 0 Å². The van der Waals surface area contributed by atoms with E-state index in [0.717, 1.165) is 24.9 Å². The van der Waals surface area contributed by atoms with Gasteiger partial charge in [0.05, 0.1) is 11.5 Å². The number of sulfone groups is 1. The van der Waals surface area contributed by atoms with Gasteiger partial charge in [0.1, 0.15) is 13.2 Å². The number of hydrogen-bond donors (Lipinski definition) is 1. The number of carbonyl (C=O) groups excluding carboxylic acids is 2. The Balaban J connectivity index is 1.44. The first kappa shape index (κ1) is 25.4. The van der Waals surface area contributed by atoms with Gasteiger partial charge in [-0.2, -0.15) is 0 Å². The molecule has 0 radical (unpaired) electrons. The van der Waals surface area contributed by atoms with Crippen molar-refractivity contribution >= 4 is 21.8 Å². The number of imide groups is 1. The molecule has 2 aliphatic rings. The zero-order valence-corrected chi connectivity index (χ0v) is 20.2. The highest BCUT2D eigenvalue weighted by atomic mass is 32.2. The number of rotatable bonds is 12. The fourth-order valence-electron chi connectivity index (χ4n) is 4.34. The van der Waals surface area contributed by atoms with Gasteiger partial charge in [-0.05, 0) is 62.9 Å². The third-order valence-electron chi connectivity index (χ3n) is 6.38. The number of likely N-dealkylation sites (tertiary alicyclic amines) is 1. The molecule has 0 spiro atoms. The quantitative estimate of drug-likeness (QED) is 0.363. The third kappa shape index (κ3) is 7.40. The van der Waals surface area contributed by atoms with Crippen LogP contribution in [0.2, 0.25) is 0 Å². The lowest BCUT2D eigenvalue weighted by Gasteiger charge is -2.20. The number of likely N-dealkylation sites (N-methyl/N-ethyl adjacent to an activating group) is 1. The lowest BCUT2D eigenvalue weighted by Crippen LogP contribution is -2.30. The van der Waals surface area contributed by atoms with Gasteiger partial charge in [-0.3, -0.25) is 10.1 Å². The summed E-state index contributed by atoms with van der Waals surface area (Å²) >= 11 is 0. The number of halogens is 1. The summed E-state index contributed by atoms with van der Waals surface area (Å²) in [5, 5.41) is 2.22. The molecule has 3 amide bonds. The molecule has 2 heterocycles. The second-order valence-corrected chi connectivity index (χ2v) is 11.4. The Bertz CT molecular complexity index is 955. The van der Waals surface area contributed by atoms with Crippen LogP contribution in [0.25, 0.3) is 0 Å². The number of urea groups is 1. The van der Waals surface area contributed by atoms with E-state index in [-0.39, 0.29) is 47.7 Å². The molecule has 0 bridgehead atoms. The number of nitrogens with zero attached hydrogens (tertiary/aromatic N) is 2. The molecule has 1 aromatic rings. The molecule has 2 saturated heterocycles. The molecule has 1 N–H and O–H groups in total. The minimum Gasteiger partial charge on any atom is -0.489 e. The van der Waals surface area contributed by atoms with Crippen LogP contribution >= 0.6 is 0 Å². The van der Waals surface area contributed by atoms with Crippen molar-refractivity contribution in [2.24, 2.45) is 0 Å². The average Bonchev–Trinajstić information content (AvgIpc) is 3.30. The van der Waals surface area contributed by atoms with Crippen LogP contribution in [0.5, 0.6) is 5.75 Å². The van der Waals surface area contributed by atoms with Crippen LogP contribution < -0.4 is 10.1 Å². The van der Waals surface area contributed by atoms with Gasteiger partial charge in [-0.25, -0.2) is 17.6 Å². The molecule has 33 heavy (non-hydrogen) atoms. The minimum absolute atomic E-state index is 0.0214. The molecule has 2 fully saturated rings. The van der Waals surface area contributed by atoms with Crippen molar-refractivity contribution in [3.05, 3.63) is 29.6 Å². The van der Waals surface area contributed by atoms with Crippen molar-refractivity contribution < 1.29 is 27.1 Å². The van der Waals surface area contributed by atoms with Crippen LogP contribution in [0.4, 0.5) is 9.18 Å². The maximum absolute atomic E-state index is 14.2. The highest BCUT2D eigenvalue weighted by molar-refractivity contribution is 7.91. The molecular formula is C23H34FN3O5S. The van der Waals surface area contributed by atoms with E-state index in [2.05, 4.69) is 10.2 Å². The molecule has 0 saturated carbocycles. The summed E-state index contributed by atoms with van der Waals surface area (Å²) < 4.78 is 45.1. The zero-order chi connectivity index (χ0) is 24.0. The first-order valence-corrected chi connectivity index (χ1v) is 13.4. The Morgan fingerprint density at radius 1 is 1.24 bits per heavy atom. The standard InChI is InChI=1S/C23H34FN3O5S/c1-17(16-33(30,31)12-5-3-4-11-27-14-22(28)25-23(27)29)18-8-9-20(24)21(13-18)32-15-19-7-6-10-26(19)2/h8-9,13,17,19H,3-7,10-12,14-16H2,1-2H3,(H,25,28,29)/t17-,19-/m0/s1. The average molecular weight is 484 g/mol. The van der Waals surface area contributed by atoms with Crippen molar-refractivity contribution in [1.82, 2.24) is 15.1 Å². The third-order valence-corrected chi connectivity index (χ3v) is 8.30. The minimum atomic E-state index is -3.29. The number of amides is 3. The van der Waals surface area contributed by atoms with Gasteiger partial charge in [0, 0.05) is 12.6 Å². The largest absolute Gasteiger partial charge is 0.489 e. The Hall–Kier alpha value is -2.20. The summed E-state index contributed by atoms with van der Waals surface area (Å²) in [5.74, 6) is -0.833. The highest BCUT2D eigenvalue weighted by Gasteiger charge is 2.26. The molecule has 3 rings (SSSR count). The predicted octanol–water partition coefficient (Wildman–Crippen LogP) is 2.54. The topological polar surface area (TPSA) is 96.0 Å². The van der Waals surface area contributed by atoms with E-state index in [1.165, 1.54) is 11.0 Å². The summed E-state index contributed by atoms with van der Waals surface area (Å²) in [4.78, 5) is 26.3. The van der Waals surface area contributed by atoms with Crippen molar-refractivity contribution in [1.29, 1.82) is 0 Å². The molecule has 184 valence electrons. The van der Waals surface area contributed by atoms with Crippen LogP contribution in [0.3, 0.4) is 0 Å². The first-order valence-electron chi connectivity index (χ1n) is 11.6. The SMILES string of the molecule is C[C@@H](CS(=O)(=O)CCCCCN1CC(=O)NC1=O)c1ccc(F)c(OC[C@@H]2CCCN2C)c1. The van der Waals surface area contributed by atoms with Crippen molar-refractivity contribution in [3.8, 4) is 5.75 Å². The highest BCUT2D eigenvalue weighted by Crippen LogP contribution is 2.26. The normalized spacial score (nSPS) is 20.3. The van der Waals surface area contributed by atoms with E-state index < -0.39 is 15.7 Å². The number of benzene rings is 1. The number of ether oxygens (including phenoxy) is 1. The first-order chi connectivity index (χ1) is 15.6. The molecule has 0 unspecified atom stereocenters. The van der Waals surface area contributed by atoms with E-state index in [9.17, 15) is 22.4 Å². The number of unbranched alkanes of at least 4 members (excludes halogenated alkanes) is 2. The Labute approximate surface area is 195 Å². The lowest BCUT2D eigenvalue weighted by atomic mass is 10.0. The molecule has 0 aliphatic carbocycles. The van der Waals surface area contributed by atoms with Gasteiger partial charge in [-0.1, -0.05) is 19.4 Å². The summed E-state index contributed by atoms with van der Waals surface area (Å²) in [6.45, 7) is 3.75. The van der Waals surface area contributed by atoms with Crippen LogP contribution in [-0.2, 0) is 14.6 Å². The van der Waals surface area contributed by atoms with Crippen LogP contribution in [0.1, 0.15) is 50.5 Å². The fourth-order valence-corrected chi connectivity index (χ4v) is 6.10. The number of nitrogens with one attached hydrogen (secondary N) is 1. The maximum Gasteiger partial charge on any atom is 0.324 e. The second-order valence-electron chi connectivity index (χ2n) is 9.13. The van der Waals surface area contributed by atoms with Gasteiger partial charge >= 0.3 is 6.03 Å². The molecular weight excluding hydrogens is 449 g/mol. The molecule has 2 aliphatic heterocycles. The monoisotopic (exact) mass is 483 g/mol. The number of hydrogen-bond acceptors (Lipinski definition) is 6. The summed E-state index contributed by atoms with van der Waals surface area (Å²) in [6, 6.07) is 4.45. The summed E-state index contributed by atoms with van der Waals surface area (Å²) in [5.41, 5.74) is 0.736. The van der Waals surface area contributed by atoms with E-state index in [1.54, 1.807) is 12.1 Å². The summed E-state index contributed by atoms with van der Waals surface area (Å²) in [7, 11) is -1.26. The van der Waals surface area contributed by atoms with Crippen LogP contribution in [0, 0.1) is 5.82 Å². The molecule has 2 atom stereocenters.